The second kappa shape index (κ2) is 5.29. The smallest absolute Gasteiger partial charge is 0.125 e. The minimum absolute atomic E-state index is 0.179. The van der Waals surface area contributed by atoms with Crippen molar-refractivity contribution in [3.8, 4) is 0 Å². The van der Waals surface area contributed by atoms with E-state index in [0.29, 0.717) is 10.2 Å². The molecule has 1 unspecified atom stereocenters. The summed E-state index contributed by atoms with van der Waals surface area (Å²) in [5, 5.41) is 20.4. The molecule has 3 N–H and O–H groups in total. The van der Waals surface area contributed by atoms with Gasteiger partial charge < -0.3 is 15.5 Å². The van der Waals surface area contributed by atoms with Crippen LogP contribution in [-0.4, -0.2) is 29.5 Å². The van der Waals surface area contributed by atoms with Gasteiger partial charge in [-0.15, -0.1) is 0 Å². The molecule has 5 heteroatoms. The van der Waals surface area contributed by atoms with Crippen LogP contribution in [0.4, 0.5) is 10.1 Å². The number of rotatable bonds is 4. The molecule has 1 rings (SSSR count). The molecule has 0 heterocycles. The fraction of sp³-hybridized carbons (Fsp3) is 0.333. The zero-order valence-corrected chi connectivity index (χ0v) is 8.96. The normalized spacial score (nSPS) is 12.6. The highest BCUT2D eigenvalue weighted by atomic mass is 79.9. The third-order valence-corrected chi connectivity index (χ3v) is 2.36. The average Bonchev–Trinajstić information content (AvgIpc) is 2.19. The van der Waals surface area contributed by atoms with Crippen molar-refractivity contribution in [3.05, 3.63) is 28.5 Å². The third kappa shape index (κ3) is 3.25. The first-order chi connectivity index (χ1) is 6.63. The lowest BCUT2D eigenvalue weighted by atomic mass is 10.3. The van der Waals surface area contributed by atoms with E-state index in [-0.39, 0.29) is 19.0 Å². The van der Waals surface area contributed by atoms with Crippen molar-refractivity contribution in [1.82, 2.24) is 0 Å². The van der Waals surface area contributed by atoms with Gasteiger partial charge in [-0.3, -0.25) is 0 Å². The number of anilines is 1. The highest BCUT2D eigenvalue weighted by molar-refractivity contribution is 9.10. The van der Waals surface area contributed by atoms with E-state index in [1.807, 2.05) is 0 Å². The van der Waals surface area contributed by atoms with Gasteiger partial charge in [0.25, 0.3) is 0 Å². The van der Waals surface area contributed by atoms with Crippen molar-refractivity contribution in [2.45, 2.75) is 6.10 Å². The first-order valence-corrected chi connectivity index (χ1v) is 4.90. The van der Waals surface area contributed by atoms with E-state index in [9.17, 15) is 4.39 Å². The van der Waals surface area contributed by atoms with Gasteiger partial charge in [0.05, 0.1) is 18.4 Å². The molecular weight excluding hydrogens is 253 g/mol. The zero-order chi connectivity index (χ0) is 10.6. The lowest BCUT2D eigenvalue weighted by Crippen LogP contribution is -2.23. The molecule has 0 aliphatic heterocycles. The monoisotopic (exact) mass is 263 g/mol. The van der Waals surface area contributed by atoms with Crippen LogP contribution in [0.15, 0.2) is 22.7 Å². The Hall–Kier alpha value is -0.650. The molecule has 0 fully saturated rings. The van der Waals surface area contributed by atoms with Crippen molar-refractivity contribution in [2.24, 2.45) is 0 Å². The molecule has 0 aliphatic rings. The number of benzene rings is 1. The molecule has 0 aliphatic carbocycles. The van der Waals surface area contributed by atoms with Crippen molar-refractivity contribution in [3.63, 3.8) is 0 Å². The van der Waals surface area contributed by atoms with Crippen LogP contribution in [0.3, 0.4) is 0 Å². The number of aliphatic hydroxyl groups excluding tert-OH is 2. The number of halogens is 2. The van der Waals surface area contributed by atoms with E-state index >= 15 is 0 Å². The summed E-state index contributed by atoms with van der Waals surface area (Å²) in [6.45, 7) is -0.140. The molecule has 0 bridgehead atoms. The molecular formula is C9H11BrFNO2. The van der Waals surface area contributed by atoms with Gasteiger partial charge in [0.1, 0.15) is 5.82 Å². The number of hydrogen-bond donors (Lipinski definition) is 3. The van der Waals surface area contributed by atoms with Crippen LogP contribution in [-0.2, 0) is 0 Å². The van der Waals surface area contributed by atoms with E-state index in [1.165, 1.54) is 12.1 Å². The molecule has 0 amide bonds. The molecule has 78 valence electrons. The van der Waals surface area contributed by atoms with Crippen molar-refractivity contribution < 1.29 is 14.6 Å². The second-order valence-electron chi connectivity index (χ2n) is 2.84. The van der Waals surface area contributed by atoms with E-state index in [0.717, 1.165) is 0 Å². The van der Waals surface area contributed by atoms with Crippen molar-refractivity contribution in [1.29, 1.82) is 0 Å². The first kappa shape index (κ1) is 11.4. The maximum Gasteiger partial charge on any atom is 0.125 e. The van der Waals surface area contributed by atoms with E-state index in [1.54, 1.807) is 6.07 Å². The summed E-state index contributed by atoms with van der Waals surface area (Å²) in [5.74, 6) is -0.353. The minimum Gasteiger partial charge on any atom is -0.394 e. The lowest BCUT2D eigenvalue weighted by Gasteiger charge is -2.11. The quantitative estimate of drug-likeness (QED) is 0.769. The van der Waals surface area contributed by atoms with Crippen LogP contribution in [0, 0.1) is 5.82 Å². The Kier molecular flexibility index (Phi) is 4.31. The Balaban J connectivity index is 2.62. The zero-order valence-electron chi connectivity index (χ0n) is 7.37. The van der Waals surface area contributed by atoms with Gasteiger partial charge in [-0.1, -0.05) is 0 Å². The summed E-state index contributed by atoms with van der Waals surface area (Å²) in [6, 6.07) is 4.22. The van der Waals surface area contributed by atoms with Crippen LogP contribution in [0.25, 0.3) is 0 Å². The van der Waals surface area contributed by atoms with Crippen molar-refractivity contribution in [2.75, 3.05) is 18.5 Å². The molecule has 0 saturated heterocycles. The summed E-state index contributed by atoms with van der Waals surface area (Å²) in [6.07, 6.45) is -0.842. The maximum atomic E-state index is 12.8. The van der Waals surface area contributed by atoms with Gasteiger partial charge in [-0.05, 0) is 34.1 Å². The van der Waals surface area contributed by atoms with E-state index in [2.05, 4.69) is 21.2 Å². The Morgan fingerprint density at radius 2 is 2.21 bits per heavy atom. The Labute approximate surface area is 89.7 Å². The van der Waals surface area contributed by atoms with Crippen LogP contribution < -0.4 is 5.32 Å². The third-order valence-electron chi connectivity index (χ3n) is 1.67. The van der Waals surface area contributed by atoms with Gasteiger partial charge >= 0.3 is 0 Å². The van der Waals surface area contributed by atoms with Crippen molar-refractivity contribution >= 4 is 21.6 Å². The average molecular weight is 264 g/mol. The topological polar surface area (TPSA) is 52.5 Å². The minimum atomic E-state index is -0.842. The standard InChI is InChI=1S/C9H11BrFNO2/c10-8-2-1-6(11)3-9(8)12-4-7(14)5-13/h1-3,7,12-14H,4-5H2. The van der Waals surface area contributed by atoms with Crippen LogP contribution in [0.1, 0.15) is 0 Å². The van der Waals surface area contributed by atoms with Gasteiger partial charge in [0.2, 0.25) is 0 Å². The summed E-state index contributed by atoms with van der Waals surface area (Å²) in [5.41, 5.74) is 0.553. The molecule has 0 radical (unpaired) electrons. The summed E-state index contributed by atoms with van der Waals surface area (Å²) >= 11 is 3.23. The largest absolute Gasteiger partial charge is 0.394 e. The molecule has 1 aromatic carbocycles. The van der Waals surface area contributed by atoms with E-state index in [4.69, 9.17) is 10.2 Å². The fourth-order valence-corrected chi connectivity index (χ4v) is 1.31. The number of hydrogen-bond acceptors (Lipinski definition) is 3. The molecule has 3 nitrogen and oxygen atoms in total. The molecule has 0 aromatic heterocycles. The van der Waals surface area contributed by atoms with Crippen LogP contribution in [0.5, 0.6) is 0 Å². The first-order valence-electron chi connectivity index (χ1n) is 4.11. The maximum absolute atomic E-state index is 12.8. The van der Waals surface area contributed by atoms with Crippen LogP contribution in [0.2, 0.25) is 0 Å². The predicted molar refractivity (Wildman–Crippen MR) is 55.7 cm³/mol. The van der Waals surface area contributed by atoms with Gasteiger partial charge in [0, 0.05) is 11.0 Å². The van der Waals surface area contributed by atoms with Gasteiger partial charge in [-0.2, -0.15) is 0 Å². The Bertz CT molecular complexity index is 309. The van der Waals surface area contributed by atoms with Gasteiger partial charge in [0.15, 0.2) is 0 Å². The Morgan fingerprint density at radius 3 is 2.86 bits per heavy atom. The SMILES string of the molecule is OCC(O)CNc1cc(F)ccc1Br. The second-order valence-corrected chi connectivity index (χ2v) is 3.70. The summed E-state index contributed by atoms with van der Waals surface area (Å²) in [4.78, 5) is 0. The van der Waals surface area contributed by atoms with Gasteiger partial charge in [-0.25, -0.2) is 4.39 Å². The summed E-state index contributed by atoms with van der Waals surface area (Å²) < 4.78 is 13.5. The molecule has 0 spiro atoms. The summed E-state index contributed by atoms with van der Waals surface area (Å²) in [7, 11) is 0. The molecule has 0 saturated carbocycles. The molecule has 14 heavy (non-hydrogen) atoms. The molecule has 1 atom stereocenters. The highest BCUT2D eigenvalue weighted by Gasteiger charge is 2.04. The number of aliphatic hydroxyl groups is 2. The number of nitrogens with one attached hydrogen (secondary N) is 1. The van der Waals surface area contributed by atoms with E-state index < -0.39 is 6.10 Å². The predicted octanol–water partition coefficient (Wildman–Crippen LogP) is 1.35. The Morgan fingerprint density at radius 1 is 1.50 bits per heavy atom. The lowest BCUT2D eigenvalue weighted by molar-refractivity contribution is 0.105. The molecule has 1 aromatic rings. The van der Waals surface area contributed by atoms with Crippen LogP contribution >= 0.6 is 15.9 Å². The fourth-order valence-electron chi connectivity index (χ4n) is 0.925. The highest BCUT2D eigenvalue weighted by Crippen LogP contribution is 2.22.